The molecule has 0 aliphatic rings. The second kappa shape index (κ2) is 2.77. The highest BCUT2D eigenvalue weighted by atomic mass is 32.2. The minimum atomic E-state index is 0.536. The Labute approximate surface area is 56.0 Å². The summed E-state index contributed by atoms with van der Waals surface area (Å²) in [5.74, 6) is 1.32. The Morgan fingerprint density at radius 3 is 1.62 bits per heavy atom. The van der Waals surface area contributed by atoms with Crippen LogP contribution in [0.25, 0.3) is 0 Å². The number of rotatable bonds is 1. The lowest BCUT2D eigenvalue weighted by molar-refractivity contribution is 0.792. The van der Waals surface area contributed by atoms with Crippen LogP contribution in [0.1, 0.15) is 27.7 Å². The van der Waals surface area contributed by atoms with Crippen LogP contribution in [0.3, 0.4) is 0 Å². The molecule has 0 aliphatic carbocycles. The van der Waals surface area contributed by atoms with E-state index in [1.807, 2.05) is 0 Å². The van der Waals surface area contributed by atoms with E-state index in [4.69, 9.17) is 0 Å². The molecule has 0 rings (SSSR count). The van der Waals surface area contributed by atoms with Gasteiger partial charge in [0.05, 0.1) is 6.26 Å². The Hall–Kier alpha value is 0.350. The molecular weight excluding hydrogens is 116 g/mol. The van der Waals surface area contributed by atoms with Gasteiger partial charge in [0.25, 0.3) is 0 Å². The molecule has 0 radical (unpaired) electrons. The van der Waals surface area contributed by atoms with Gasteiger partial charge in [-0.05, 0) is 38.6 Å². The molecule has 0 aromatic heterocycles. The Kier molecular flexibility index (Phi) is 2.89. The van der Waals surface area contributed by atoms with Crippen molar-refractivity contribution >= 4 is 10.9 Å². The van der Waals surface area contributed by atoms with Gasteiger partial charge in [0.15, 0.2) is 0 Å². The standard InChI is InChI=1S/C7H17S/c1-6-8(5)7(2,3)4/h6H2,1-5H3/q+1. The Bertz CT molecular complexity index is 61.3. The highest BCUT2D eigenvalue weighted by Crippen LogP contribution is 2.15. The quantitative estimate of drug-likeness (QED) is 0.480. The van der Waals surface area contributed by atoms with Crippen LogP contribution < -0.4 is 0 Å². The summed E-state index contributed by atoms with van der Waals surface area (Å²) in [6.45, 7) is 9.17. The lowest BCUT2D eigenvalue weighted by Gasteiger charge is -2.15. The topological polar surface area (TPSA) is 0 Å². The zero-order chi connectivity index (χ0) is 6.78. The van der Waals surface area contributed by atoms with Gasteiger partial charge < -0.3 is 0 Å². The van der Waals surface area contributed by atoms with E-state index in [-0.39, 0.29) is 0 Å². The van der Waals surface area contributed by atoms with Crippen molar-refractivity contribution in [3.63, 3.8) is 0 Å². The fourth-order valence-electron chi connectivity index (χ4n) is 0.433. The summed E-state index contributed by atoms with van der Waals surface area (Å²) in [6.07, 6.45) is 2.33. The minimum Gasteiger partial charge on any atom is -0.0198 e. The third kappa shape index (κ3) is 2.61. The second-order valence-electron chi connectivity index (χ2n) is 3.04. The molecule has 1 heteroatoms. The summed E-state index contributed by atoms with van der Waals surface area (Å²) in [7, 11) is 0.606. The molecule has 0 aromatic carbocycles. The van der Waals surface area contributed by atoms with Crippen LogP contribution in [-0.2, 0) is 10.9 Å². The maximum absolute atomic E-state index is 2.33. The molecule has 0 bridgehead atoms. The van der Waals surface area contributed by atoms with Gasteiger partial charge in [-0.25, -0.2) is 0 Å². The van der Waals surface area contributed by atoms with Crippen molar-refractivity contribution < 1.29 is 0 Å². The summed E-state index contributed by atoms with van der Waals surface area (Å²) in [5.41, 5.74) is 0. The van der Waals surface area contributed by atoms with Crippen molar-refractivity contribution in [1.82, 2.24) is 0 Å². The first-order chi connectivity index (χ1) is 3.48. The van der Waals surface area contributed by atoms with Crippen LogP contribution >= 0.6 is 0 Å². The van der Waals surface area contributed by atoms with E-state index >= 15 is 0 Å². The SMILES string of the molecule is CC[S+](C)C(C)(C)C. The largest absolute Gasteiger partial charge is 0.119 e. The van der Waals surface area contributed by atoms with Crippen molar-refractivity contribution in [3.05, 3.63) is 0 Å². The highest BCUT2D eigenvalue weighted by molar-refractivity contribution is 7.97. The van der Waals surface area contributed by atoms with Crippen molar-refractivity contribution in [2.45, 2.75) is 32.4 Å². The van der Waals surface area contributed by atoms with Gasteiger partial charge in [-0.3, -0.25) is 0 Å². The maximum Gasteiger partial charge on any atom is 0.119 e. The molecule has 0 heterocycles. The first kappa shape index (κ1) is 8.35. The molecule has 0 fully saturated rings. The smallest absolute Gasteiger partial charge is 0.0198 e. The molecule has 0 saturated carbocycles. The van der Waals surface area contributed by atoms with Gasteiger partial charge in [-0.1, -0.05) is 0 Å². The van der Waals surface area contributed by atoms with Gasteiger partial charge in [0, 0.05) is 0 Å². The molecule has 0 amide bonds. The van der Waals surface area contributed by atoms with Crippen molar-refractivity contribution in [1.29, 1.82) is 0 Å². The molecule has 1 unspecified atom stereocenters. The summed E-state index contributed by atoms with van der Waals surface area (Å²) in [6, 6.07) is 0. The summed E-state index contributed by atoms with van der Waals surface area (Å²) in [4.78, 5) is 0. The molecule has 0 aromatic rings. The molecule has 0 spiro atoms. The Morgan fingerprint density at radius 1 is 1.25 bits per heavy atom. The summed E-state index contributed by atoms with van der Waals surface area (Å²) >= 11 is 0. The van der Waals surface area contributed by atoms with Gasteiger partial charge in [0.1, 0.15) is 10.5 Å². The molecule has 50 valence electrons. The van der Waals surface area contributed by atoms with E-state index in [1.54, 1.807) is 0 Å². The lowest BCUT2D eigenvalue weighted by atomic mass is 10.3. The summed E-state index contributed by atoms with van der Waals surface area (Å²) < 4.78 is 0.536. The van der Waals surface area contributed by atoms with Crippen LogP contribution in [-0.4, -0.2) is 16.8 Å². The zero-order valence-corrected chi connectivity index (χ0v) is 7.43. The van der Waals surface area contributed by atoms with Gasteiger partial charge in [-0.15, -0.1) is 0 Å². The van der Waals surface area contributed by atoms with Gasteiger partial charge in [-0.2, -0.15) is 0 Å². The number of hydrogen-bond acceptors (Lipinski definition) is 0. The van der Waals surface area contributed by atoms with E-state index in [1.165, 1.54) is 5.75 Å². The summed E-state index contributed by atoms with van der Waals surface area (Å²) in [5, 5.41) is 0. The van der Waals surface area contributed by atoms with Crippen molar-refractivity contribution in [2.24, 2.45) is 0 Å². The van der Waals surface area contributed by atoms with Crippen molar-refractivity contribution in [3.8, 4) is 0 Å². The fraction of sp³-hybridized carbons (Fsp3) is 1.00. The van der Waals surface area contributed by atoms with Crippen LogP contribution in [0.4, 0.5) is 0 Å². The molecule has 0 saturated heterocycles. The predicted octanol–water partition coefficient (Wildman–Crippen LogP) is 2.05. The highest BCUT2D eigenvalue weighted by Gasteiger charge is 2.26. The zero-order valence-electron chi connectivity index (χ0n) is 6.62. The molecule has 0 N–H and O–H groups in total. The number of hydrogen-bond donors (Lipinski definition) is 0. The molecule has 0 aliphatic heterocycles. The first-order valence-corrected chi connectivity index (χ1v) is 4.91. The maximum atomic E-state index is 2.33. The van der Waals surface area contributed by atoms with Crippen LogP contribution in [0.5, 0.6) is 0 Å². The first-order valence-electron chi connectivity index (χ1n) is 3.11. The minimum absolute atomic E-state index is 0.536. The van der Waals surface area contributed by atoms with Gasteiger partial charge in [0.2, 0.25) is 0 Å². The third-order valence-corrected chi connectivity index (χ3v) is 4.44. The second-order valence-corrected chi connectivity index (χ2v) is 6.11. The Balaban J connectivity index is 3.62. The van der Waals surface area contributed by atoms with E-state index in [0.29, 0.717) is 15.6 Å². The lowest BCUT2D eigenvalue weighted by Crippen LogP contribution is -2.28. The molecule has 1 atom stereocenters. The van der Waals surface area contributed by atoms with Crippen molar-refractivity contribution in [2.75, 3.05) is 12.0 Å². The average molecular weight is 133 g/mol. The van der Waals surface area contributed by atoms with Crippen LogP contribution in [0.15, 0.2) is 0 Å². The Morgan fingerprint density at radius 2 is 1.62 bits per heavy atom. The normalized spacial score (nSPS) is 16.1. The third-order valence-electron chi connectivity index (χ3n) is 1.48. The molecule has 0 nitrogen and oxygen atoms in total. The predicted molar refractivity (Wildman–Crippen MR) is 43.6 cm³/mol. The van der Waals surface area contributed by atoms with Gasteiger partial charge >= 0.3 is 0 Å². The van der Waals surface area contributed by atoms with E-state index in [0.717, 1.165) is 0 Å². The fourth-order valence-corrected chi connectivity index (χ4v) is 1.30. The van der Waals surface area contributed by atoms with E-state index < -0.39 is 0 Å². The monoisotopic (exact) mass is 133 g/mol. The van der Waals surface area contributed by atoms with E-state index in [9.17, 15) is 0 Å². The average Bonchev–Trinajstić information content (AvgIpc) is 1.62. The molecular formula is C7H17S+. The van der Waals surface area contributed by atoms with Crippen LogP contribution in [0.2, 0.25) is 0 Å². The van der Waals surface area contributed by atoms with Crippen LogP contribution in [0, 0.1) is 0 Å². The molecule has 8 heavy (non-hydrogen) atoms. The van der Waals surface area contributed by atoms with E-state index in [2.05, 4.69) is 34.0 Å².